The highest BCUT2D eigenvalue weighted by molar-refractivity contribution is 5.13. The molecule has 1 heterocycles. The minimum absolute atomic E-state index is 0.0125. The van der Waals surface area contributed by atoms with E-state index in [1.54, 1.807) is 0 Å². The molecule has 0 bridgehead atoms. The summed E-state index contributed by atoms with van der Waals surface area (Å²) in [6.07, 6.45) is -1.000. The number of hydrogen-bond donors (Lipinski definition) is 1. The van der Waals surface area contributed by atoms with Gasteiger partial charge < -0.3 is 19.3 Å². The Labute approximate surface area is 107 Å². The second-order valence-electron chi connectivity index (χ2n) is 4.64. The first-order valence-corrected chi connectivity index (χ1v) is 6.29. The van der Waals surface area contributed by atoms with Gasteiger partial charge in [-0.25, -0.2) is 0 Å². The van der Waals surface area contributed by atoms with Crippen LogP contribution in [0.2, 0.25) is 0 Å². The molecule has 1 fully saturated rings. The molecule has 0 saturated carbocycles. The van der Waals surface area contributed by atoms with Gasteiger partial charge in [0.05, 0.1) is 12.7 Å². The SMILES string of the molecule is C[C@H](OCc1ccccc1)[C@@H]1OC(O)C[C@H](C)O1. The molecule has 0 aliphatic carbocycles. The number of ether oxygens (including phenoxy) is 3. The molecule has 18 heavy (non-hydrogen) atoms. The summed E-state index contributed by atoms with van der Waals surface area (Å²) in [6.45, 7) is 4.32. The minimum Gasteiger partial charge on any atom is -0.369 e. The highest BCUT2D eigenvalue weighted by Crippen LogP contribution is 2.20. The predicted molar refractivity (Wildman–Crippen MR) is 66.7 cm³/mol. The molecule has 2 rings (SSSR count). The van der Waals surface area contributed by atoms with Crippen LogP contribution in [0.4, 0.5) is 0 Å². The first kappa shape index (κ1) is 13.5. The van der Waals surface area contributed by atoms with Gasteiger partial charge in [0.15, 0.2) is 12.6 Å². The van der Waals surface area contributed by atoms with Crippen molar-refractivity contribution in [2.24, 2.45) is 0 Å². The Balaban J connectivity index is 1.82. The van der Waals surface area contributed by atoms with Gasteiger partial charge in [-0.2, -0.15) is 0 Å². The summed E-state index contributed by atoms with van der Waals surface area (Å²) in [6, 6.07) is 9.93. The van der Waals surface area contributed by atoms with Gasteiger partial charge in [0.1, 0.15) is 6.10 Å². The first-order valence-electron chi connectivity index (χ1n) is 6.29. The summed E-state index contributed by atoms with van der Waals surface area (Å²) in [5.41, 5.74) is 1.11. The predicted octanol–water partition coefficient (Wildman–Crippen LogP) is 2.06. The van der Waals surface area contributed by atoms with Crippen LogP contribution in [0.5, 0.6) is 0 Å². The molecule has 0 aromatic heterocycles. The van der Waals surface area contributed by atoms with Crippen molar-refractivity contribution in [1.29, 1.82) is 0 Å². The number of hydrogen-bond acceptors (Lipinski definition) is 4. The van der Waals surface area contributed by atoms with Crippen LogP contribution < -0.4 is 0 Å². The molecular weight excluding hydrogens is 232 g/mol. The molecule has 1 aliphatic heterocycles. The molecule has 100 valence electrons. The number of rotatable bonds is 4. The number of aliphatic hydroxyl groups excluding tert-OH is 1. The van der Waals surface area contributed by atoms with E-state index in [9.17, 15) is 5.11 Å². The van der Waals surface area contributed by atoms with Crippen LogP contribution in [0.25, 0.3) is 0 Å². The highest BCUT2D eigenvalue weighted by atomic mass is 16.8. The molecule has 4 nitrogen and oxygen atoms in total. The van der Waals surface area contributed by atoms with Crippen LogP contribution in [0.3, 0.4) is 0 Å². The van der Waals surface area contributed by atoms with E-state index in [1.807, 2.05) is 44.2 Å². The molecule has 0 radical (unpaired) electrons. The second-order valence-corrected chi connectivity index (χ2v) is 4.64. The highest BCUT2D eigenvalue weighted by Gasteiger charge is 2.30. The van der Waals surface area contributed by atoms with Crippen molar-refractivity contribution in [2.75, 3.05) is 0 Å². The van der Waals surface area contributed by atoms with Gasteiger partial charge in [0.2, 0.25) is 0 Å². The van der Waals surface area contributed by atoms with E-state index in [0.717, 1.165) is 5.56 Å². The van der Waals surface area contributed by atoms with E-state index in [2.05, 4.69) is 0 Å². The average molecular weight is 252 g/mol. The van der Waals surface area contributed by atoms with E-state index < -0.39 is 12.6 Å². The summed E-state index contributed by atoms with van der Waals surface area (Å²) in [4.78, 5) is 0. The van der Waals surface area contributed by atoms with E-state index in [-0.39, 0.29) is 12.2 Å². The van der Waals surface area contributed by atoms with Crippen LogP contribution in [0.1, 0.15) is 25.8 Å². The fraction of sp³-hybridized carbons (Fsp3) is 0.571. The maximum Gasteiger partial charge on any atom is 0.186 e. The molecule has 1 aromatic rings. The Morgan fingerprint density at radius 1 is 1.33 bits per heavy atom. The van der Waals surface area contributed by atoms with Gasteiger partial charge in [-0.1, -0.05) is 30.3 Å². The normalized spacial score (nSPS) is 30.1. The smallest absolute Gasteiger partial charge is 0.186 e. The van der Waals surface area contributed by atoms with Crippen LogP contribution in [0.15, 0.2) is 30.3 Å². The fourth-order valence-corrected chi connectivity index (χ4v) is 1.91. The Morgan fingerprint density at radius 2 is 2.06 bits per heavy atom. The summed E-state index contributed by atoms with van der Waals surface area (Å²) in [5, 5.41) is 9.53. The van der Waals surface area contributed by atoms with Gasteiger partial charge in [-0.05, 0) is 19.4 Å². The third-order valence-electron chi connectivity index (χ3n) is 2.93. The lowest BCUT2D eigenvalue weighted by atomic mass is 10.2. The van der Waals surface area contributed by atoms with E-state index in [0.29, 0.717) is 13.0 Å². The van der Waals surface area contributed by atoms with Crippen LogP contribution in [0, 0.1) is 0 Å². The Kier molecular flexibility index (Phi) is 4.72. The van der Waals surface area contributed by atoms with Gasteiger partial charge in [0, 0.05) is 6.42 Å². The van der Waals surface area contributed by atoms with E-state index in [1.165, 1.54) is 0 Å². The summed E-state index contributed by atoms with van der Waals surface area (Å²) < 4.78 is 16.6. The van der Waals surface area contributed by atoms with Crippen LogP contribution >= 0.6 is 0 Å². The maximum atomic E-state index is 9.53. The molecule has 1 aliphatic rings. The molecule has 1 N–H and O–H groups in total. The Bertz CT molecular complexity index is 344. The fourth-order valence-electron chi connectivity index (χ4n) is 1.91. The quantitative estimate of drug-likeness (QED) is 0.891. The third-order valence-corrected chi connectivity index (χ3v) is 2.93. The second kappa shape index (κ2) is 6.29. The topological polar surface area (TPSA) is 47.9 Å². The van der Waals surface area contributed by atoms with Crippen molar-refractivity contribution < 1.29 is 19.3 Å². The molecule has 4 atom stereocenters. The monoisotopic (exact) mass is 252 g/mol. The molecule has 1 unspecified atom stereocenters. The van der Waals surface area contributed by atoms with Crippen molar-refractivity contribution in [3.63, 3.8) is 0 Å². The molecular formula is C14H20O4. The average Bonchev–Trinajstić information content (AvgIpc) is 2.36. The molecule has 0 spiro atoms. The van der Waals surface area contributed by atoms with Gasteiger partial charge >= 0.3 is 0 Å². The zero-order valence-electron chi connectivity index (χ0n) is 10.8. The summed E-state index contributed by atoms with van der Waals surface area (Å²) in [7, 11) is 0. The molecule has 4 heteroatoms. The lowest BCUT2D eigenvalue weighted by Crippen LogP contribution is -2.43. The summed E-state index contributed by atoms with van der Waals surface area (Å²) >= 11 is 0. The van der Waals surface area contributed by atoms with Crippen LogP contribution in [-0.4, -0.2) is 29.9 Å². The first-order chi connectivity index (χ1) is 8.65. The van der Waals surface area contributed by atoms with Crippen molar-refractivity contribution >= 4 is 0 Å². The minimum atomic E-state index is -0.762. The molecule has 0 amide bonds. The number of aliphatic hydroxyl groups is 1. The summed E-state index contributed by atoms with van der Waals surface area (Å²) in [5.74, 6) is 0. The lowest BCUT2D eigenvalue weighted by molar-refractivity contribution is -0.318. The number of benzene rings is 1. The van der Waals surface area contributed by atoms with Gasteiger partial charge in [0.25, 0.3) is 0 Å². The largest absolute Gasteiger partial charge is 0.369 e. The Hall–Kier alpha value is -0.940. The van der Waals surface area contributed by atoms with Crippen molar-refractivity contribution in [3.8, 4) is 0 Å². The Morgan fingerprint density at radius 3 is 2.72 bits per heavy atom. The van der Waals surface area contributed by atoms with Gasteiger partial charge in [-0.15, -0.1) is 0 Å². The zero-order chi connectivity index (χ0) is 13.0. The van der Waals surface area contributed by atoms with Crippen LogP contribution in [-0.2, 0) is 20.8 Å². The lowest BCUT2D eigenvalue weighted by Gasteiger charge is -2.34. The van der Waals surface area contributed by atoms with Crippen molar-refractivity contribution in [3.05, 3.63) is 35.9 Å². The zero-order valence-corrected chi connectivity index (χ0v) is 10.8. The maximum absolute atomic E-state index is 9.53. The van der Waals surface area contributed by atoms with Gasteiger partial charge in [-0.3, -0.25) is 0 Å². The van der Waals surface area contributed by atoms with Crippen molar-refractivity contribution in [2.45, 2.75) is 51.7 Å². The molecule has 1 saturated heterocycles. The van der Waals surface area contributed by atoms with E-state index in [4.69, 9.17) is 14.2 Å². The molecule has 1 aromatic carbocycles. The van der Waals surface area contributed by atoms with E-state index >= 15 is 0 Å². The van der Waals surface area contributed by atoms with Crippen molar-refractivity contribution in [1.82, 2.24) is 0 Å². The standard InChI is InChI=1S/C14H20O4/c1-10-8-13(15)18-14(17-10)11(2)16-9-12-6-4-3-5-7-12/h3-7,10-11,13-15H,8-9H2,1-2H3/t10-,11-,13?,14-/m0/s1. The third kappa shape index (κ3) is 3.78.